The first-order chi connectivity index (χ1) is 30.2. The van der Waals surface area contributed by atoms with E-state index in [-0.39, 0.29) is 0 Å². The van der Waals surface area contributed by atoms with Crippen molar-refractivity contribution in [1.82, 2.24) is 14.3 Å². The van der Waals surface area contributed by atoms with E-state index in [9.17, 15) is 0 Å². The van der Waals surface area contributed by atoms with Gasteiger partial charge in [-0.3, -0.25) is 0 Å². The molecule has 3 nitrogen and oxygen atoms in total. The molecule has 0 fully saturated rings. The maximum Gasteiger partial charge on any atom is 0.0934 e. The van der Waals surface area contributed by atoms with Gasteiger partial charge in [-0.1, -0.05) is 181 Å². The zero-order valence-electron chi connectivity index (χ0n) is 33.8. The Morgan fingerprint density at radius 2 is 0.787 bits per heavy atom. The molecule has 2 heterocycles. The molecule has 288 valence electrons. The molecule has 0 spiro atoms. The topological polar surface area (TPSA) is 22.8 Å². The van der Waals surface area contributed by atoms with Gasteiger partial charge in [-0.05, 0) is 106 Å². The molecule has 0 radical (unpaired) electrons. The lowest BCUT2D eigenvalue weighted by atomic mass is 9.89. The molecule has 0 unspecified atom stereocenters. The van der Waals surface area contributed by atoms with Crippen molar-refractivity contribution in [2.75, 3.05) is 0 Å². The van der Waals surface area contributed by atoms with Crippen LogP contribution in [0.1, 0.15) is 5.56 Å². The summed E-state index contributed by atoms with van der Waals surface area (Å²) in [5.41, 5.74) is 19.6. The fourth-order valence-corrected chi connectivity index (χ4v) is 8.88. The zero-order chi connectivity index (χ0) is 40.7. The van der Waals surface area contributed by atoms with Crippen molar-refractivity contribution in [2.24, 2.45) is 0 Å². The number of aryl methyl sites for hydroxylation is 1. The van der Waals surface area contributed by atoms with Gasteiger partial charge in [-0.25, -0.2) is 4.68 Å². The molecular formula is C58H41N3. The molecule has 0 saturated heterocycles. The van der Waals surface area contributed by atoms with Gasteiger partial charge >= 0.3 is 0 Å². The Morgan fingerprint density at radius 1 is 0.328 bits per heavy atom. The van der Waals surface area contributed by atoms with E-state index in [4.69, 9.17) is 5.10 Å². The summed E-state index contributed by atoms with van der Waals surface area (Å²) in [5, 5.41) is 7.66. The summed E-state index contributed by atoms with van der Waals surface area (Å²) in [6.45, 7) is 2.17. The minimum absolute atomic E-state index is 0.945. The molecule has 0 bridgehead atoms. The van der Waals surface area contributed by atoms with Crippen LogP contribution in [0.2, 0.25) is 0 Å². The SMILES string of the molecule is Cc1ccc2c(c1)c1cc(-c3ccccc3)ccc1n2-c1ccc(-c2ccccc2-c2ccccc2-c2ccc(-n3nc(-c4ccccc4)cc3-c3ccccc3)cc2)cc1. The second kappa shape index (κ2) is 15.3. The normalized spacial score (nSPS) is 11.4. The van der Waals surface area contributed by atoms with Gasteiger partial charge in [0.1, 0.15) is 0 Å². The van der Waals surface area contributed by atoms with Gasteiger partial charge < -0.3 is 4.57 Å². The standard InChI is InChI=1S/C58H41N3/c1-40-25-35-56-53(37-40)54-38-46(41-15-5-2-6-16-41)30-36-57(54)60(56)47-31-26-42(27-32-47)49-21-11-13-23-51(49)52-24-14-12-22-50(52)43-28-33-48(34-29-43)61-58(45-19-9-4-10-20-45)39-55(59-61)44-17-7-3-8-18-44/h2-39H,1H3. The van der Waals surface area contributed by atoms with E-state index in [0.29, 0.717) is 0 Å². The maximum atomic E-state index is 5.13. The van der Waals surface area contributed by atoms with Crippen LogP contribution in [0.3, 0.4) is 0 Å². The summed E-state index contributed by atoms with van der Waals surface area (Å²) in [6.07, 6.45) is 0. The van der Waals surface area contributed by atoms with Crippen LogP contribution < -0.4 is 0 Å². The largest absolute Gasteiger partial charge is 0.309 e. The lowest BCUT2D eigenvalue weighted by Gasteiger charge is -2.16. The van der Waals surface area contributed by atoms with E-state index >= 15 is 0 Å². The highest BCUT2D eigenvalue weighted by Gasteiger charge is 2.17. The van der Waals surface area contributed by atoms with Crippen LogP contribution in [0, 0.1) is 6.92 Å². The zero-order valence-corrected chi connectivity index (χ0v) is 33.8. The van der Waals surface area contributed by atoms with Gasteiger partial charge in [0.2, 0.25) is 0 Å². The Hall–Kier alpha value is -8.01. The minimum atomic E-state index is 0.945. The van der Waals surface area contributed by atoms with Crippen molar-refractivity contribution in [2.45, 2.75) is 6.92 Å². The van der Waals surface area contributed by atoms with Crippen LogP contribution in [0.4, 0.5) is 0 Å². The quantitative estimate of drug-likeness (QED) is 0.151. The van der Waals surface area contributed by atoms with Gasteiger partial charge in [0, 0.05) is 27.6 Å². The van der Waals surface area contributed by atoms with Crippen LogP contribution in [0.25, 0.3) is 100 Å². The maximum absolute atomic E-state index is 5.13. The highest BCUT2D eigenvalue weighted by Crippen LogP contribution is 2.40. The molecule has 3 heteroatoms. The van der Waals surface area contributed by atoms with E-state index in [1.807, 2.05) is 6.07 Å². The average Bonchev–Trinajstić information content (AvgIpc) is 3.92. The Bertz CT molecular complexity index is 3320. The first kappa shape index (κ1) is 36.1. The van der Waals surface area contributed by atoms with Crippen LogP contribution in [-0.2, 0) is 0 Å². The number of nitrogens with zero attached hydrogens (tertiary/aromatic N) is 3. The number of benzene rings is 9. The number of fused-ring (bicyclic) bond motifs is 3. The molecule has 0 amide bonds. The molecule has 11 rings (SSSR count). The summed E-state index contributed by atoms with van der Waals surface area (Å²) >= 11 is 0. The number of hydrogen-bond acceptors (Lipinski definition) is 1. The first-order valence-electron chi connectivity index (χ1n) is 20.9. The van der Waals surface area contributed by atoms with Crippen molar-refractivity contribution < 1.29 is 0 Å². The van der Waals surface area contributed by atoms with Gasteiger partial charge in [-0.2, -0.15) is 5.10 Å². The molecule has 11 aromatic rings. The monoisotopic (exact) mass is 779 g/mol. The van der Waals surface area contributed by atoms with E-state index in [1.54, 1.807) is 0 Å². The second-order valence-electron chi connectivity index (χ2n) is 15.7. The predicted molar refractivity (Wildman–Crippen MR) is 255 cm³/mol. The number of aromatic nitrogens is 3. The third-order valence-electron chi connectivity index (χ3n) is 11.9. The van der Waals surface area contributed by atoms with E-state index in [0.717, 1.165) is 39.5 Å². The highest BCUT2D eigenvalue weighted by atomic mass is 15.3. The van der Waals surface area contributed by atoms with E-state index in [2.05, 4.69) is 241 Å². The van der Waals surface area contributed by atoms with Gasteiger partial charge in [0.05, 0.1) is 28.1 Å². The second-order valence-corrected chi connectivity index (χ2v) is 15.7. The summed E-state index contributed by atoms with van der Waals surface area (Å²) in [7, 11) is 0. The molecule has 0 saturated carbocycles. The third-order valence-corrected chi connectivity index (χ3v) is 11.9. The molecule has 0 atom stereocenters. The Kier molecular flexibility index (Phi) is 9.05. The molecule has 9 aromatic carbocycles. The lowest BCUT2D eigenvalue weighted by molar-refractivity contribution is 0.892. The lowest BCUT2D eigenvalue weighted by Crippen LogP contribution is -1.99. The first-order valence-corrected chi connectivity index (χ1v) is 20.9. The fourth-order valence-electron chi connectivity index (χ4n) is 8.88. The molecular weight excluding hydrogens is 739 g/mol. The van der Waals surface area contributed by atoms with Crippen LogP contribution in [0.5, 0.6) is 0 Å². The minimum Gasteiger partial charge on any atom is -0.309 e. The van der Waals surface area contributed by atoms with Crippen molar-refractivity contribution in [3.63, 3.8) is 0 Å². The molecule has 2 aromatic heterocycles. The molecule has 0 aliphatic carbocycles. The summed E-state index contributed by atoms with van der Waals surface area (Å²) < 4.78 is 4.47. The van der Waals surface area contributed by atoms with E-state index < -0.39 is 0 Å². The molecule has 61 heavy (non-hydrogen) atoms. The Morgan fingerprint density at radius 3 is 1.38 bits per heavy atom. The van der Waals surface area contributed by atoms with Crippen molar-refractivity contribution >= 4 is 21.8 Å². The van der Waals surface area contributed by atoms with Crippen molar-refractivity contribution in [1.29, 1.82) is 0 Å². The third kappa shape index (κ3) is 6.63. The summed E-state index contributed by atoms with van der Waals surface area (Å²) in [6, 6.07) is 82.8. The molecule has 0 aliphatic heterocycles. The van der Waals surface area contributed by atoms with Gasteiger partial charge in [0.15, 0.2) is 0 Å². The average molecular weight is 780 g/mol. The number of hydrogen-bond donors (Lipinski definition) is 0. The van der Waals surface area contributed by atoms with E-state index in [1.165, 1.54) is 66.3 Å². The van der Waals surface area contributed by atoms with Crippen LogP contribution >= 0.6 is 0 Å². The van der Waals surface area contributed by atoms with Crippen LogP contribution in [0.15, 0.2) is 231 Å². The Labute approximate surface area is 356 Å². The summed E-state index contributed by atoms with van der Waals surface area (Å²) in [4.78, 5) is 0. The smallest absolute Gasteiger partial charge is 0.0934 e. The Balaban J connectivity index is 0.949. The molecule has 0 aliphatic rings. The predicted octanol–water partition coefficient (Wildman–Crippen LogP) is 15.3. The molecule has 0 N–H and O–H groups in total. The van der Waals surface area contributed by atoms with Gasteiger partial charge in [-0.15, -0.1) is 0 Å². The highest BCUT2D eigenvalue weighted by molar-refractivity contribution is 6.10. The summed E-state index contributed by atoms with van der Waals surface area (Å²) in [5.74, 6) is 0. The van der Waals surface area contributed by atoms with Crippen molar-refractivity contribution in [3.05, 3.63) is 236 Å². The van der Waals surface area contributed by atoms with Crippen LogP contribution in [-0.4, -0.2) is 14.3 Å². The van der Waals surface area contributed by atoms with Gasteiger partial charge in [0.25, 0.3) is 0 Å². The van der Waals surface area contributed by atoms with Crippen molar-refractivity contribution in [3.8, 4) is 78.4 Å². The fraction of sp³-hybridized carbons (Fsp3) is 0.0172. The number of rotatable bonds is 8.